The van der Waals surface area contributed by atoms with E-state index in [1.807, 2.05) is 54.6 Å². The maximum atomic E-state index is 12.6. The Kier molecular flexibility index (Phi) is 12.0. The summed E-state index contributed by atoms with van der Waals surface area (Å²) in [4.78, 5) is 27.4. The minimum atomic E-state index is -0.572. The highest BCUT2D eigenvalue weighted by molar-refractivity contribution is 5.94. The predicted octanol–water partition coefficient (Wildman–Crippen LogP) is 6.48. The van der Waals surface area contributed by atoms with E-state index < -0.39 is 6.29 Å². The highest BCUT2D eigenvalue weighted by atomic mass is 16.7. The fraction of sp³-hybridized carbons (Fsp3) is 0.405. The molecular formula is C37H46N4O5. The molecule has 0 spiro atoms. The molecule has 46 heavy (non-hydrogen) atoms. The number of nitrogens with zero attached hydrogens (tertiary/aromatic N) is 1. The number of hydrogen-bond donors (Lipinski definition) is 4. The maximum absolute atomic E-state index is 12.6. The summed E-state index contributed by atoms with van der Waals surface area (Å²) in [5, 5.41) is 15.2. The number of aliphatic hydroxyl groups excluding tert-OH is 1. The van der Waals surface area contributed by atoms with Crippen molar-refractivity contribution in [3.63, 3.8) is 0 Å². The Balaban J connectivity index is 1.19. The van der Waals surface area contributed by atoms with E-state index in [0.29, 0.717) is 29.5 Å². The molecule has 1 saturated carbocycles. The van der Waals surface area contributed by atoms with Crippen LogP contribution in [0.15, 0.2) is 85.5 Å². The summed E-state index contributed by atoms with van der Waals surface area (Å²) in [5.74, 6) is -0.343. The lowest BCUT2D eigenvalue weighted by atomic mass is 9.99. The molecule has 1 aliphatic carbocycles. The molecule has 0 aromatic heterocycles. The quantitative estimate of drug-likeness (QED) is 0.119. The van der Waals surface area contributed by atoms with Crippen molar-refractivity contribution in [3.05, 3.63) is 102 Å². The van der Waals surface area contributed by atoms with Gasteiger partial charge >= 0.3 is 0 Å². The van der Waals surface area contributed by atoms with E-state index in [4.69, 9.17) is 15.2 Å². The summed E-state index contributed by atoms with van der Waals surface area (Å²) in [5.41, 5.74) is 10.4. The molecule has 0 bridgehead atoms. The van der Waals surface area contributed by atoms with Gasteiger partial charge in [0.2, 0.25) is 11.8 Å². The zero-order chi connectivity index (χ0) is 32.3. The Bertz CT molecular complexity index is 1440. The monoisotopic (exact) mass is 626 g/mol. The summed E-state index contributed by atoms with van der Waals surface area (Å²) in [6.07, 6.45) is 7.69. The lowest BCUT2D eigenvalue weighted by Gasteiger charge is -2.39. The van der Waals surface area contributed by atoms with Crippen LogP contribution < -0.4 is 16.4 Å². The van der Waals surface area contributed by atoms with E-state index >= 15 is 0 Å². The first-order valence-corrected chi connectivity index (χ1v) is 16.3. The van der Waals surface area contributed by atoms with Crippen molar-refractivity contribution >= 4 is 28.9 Å². The second kappa shape index (κ2) is 16.5. The van der Waals surface area contributed by atoms with E-state index in [-0.39, 0.29) is 43.5 Å². The number of nitrogens with two attached hydrogens (primary N) is 1. The van der Waals surface area contributed by atoms with Gasteiger partial charge in [-0.1, -0.05) is 67.4 Å². The zero-order valence-electron chi connectivity index (χ0n) is 26.4. The third-order valence-electron chi connectivity index (χ3n) is 8.77. The molecule has 1 aliphatic heterocycles. The van der Waals surface area contributed by atoms with Crippen LogP contribution in [0, 0.1) is 0 Å². The van der Waals surface area contributed by atoms with E-state index in [2.05, 4.69) is 22.1 Å². The lowest BCUT2D eigenvalue weighted by Crippen LogP contribution is -2.43. The first-order valence-electron chi connectivity index (χ1n) is 16.3. The molecule has 5 N–H and O–H groups in total. The molecule has 3 atom stereocenters. The summed E-state index contributed by atoms with van der Waals surface area (Å²) in [6.45, 7) is 5.62. The molecule has 2 amide bonds. The van der Waals surface area contributed by atoms with Crippen LogP contribution in [0.3, 0.4) is 0 Å². The maximum Gasteiger partial charge on any atom is 0.224 e. The Labute approximate surface area is 271 Å². The molecule has 5 rings (SSSR count). The summed E-state index contributed by atoms with van der Waals surface area (Å²) in [6, 6.07) is 23.1. The third-order valence-corrected chi connectivity index (χ3v) is 8.77. The van der Waals surface area contributed by atoms with Gasteiger partial charge in [-0.25, -0.2) is 0 Å². The first kappa shape index (κ1) is 33.3. The molecule has 9 nitrogen and oxygen atoms in total. The van der Waals surface area contributed by atoms with Crippen molar-refractivity contribution in [1.29, 1.82) is 0 Å². The smallest absolute Gasteiger partial charge is 0.224 e. The van der Waals surface area contributed by atoms with Crippen LogP contribution in [0.1, 0.15) is 80.5 Å². The van der Waals surface area contributed by atoms with Gasteiger partial charge < -0.3 is 30.9 Å². The lowest BCUT2D eigenvalue weighted by molar-refractivity contribution is -0.253. The minimum absolute atomic E-state index is 0.0000989. The van der Waals surface area contributed by atoms with Crippen molar-refractivity contribution in [3.8, 4) is 0 Å². The van der Waals surface area contributed by atoms with E-state index in [1.54, 1.807) is 24.3 Å². The van der Waals surface area contributed by atoms with Crippen molar-refractivity contribution in [1.82, 2.24) is 4.90 Å². The fourth-order valence-electron chi connectivity index (χ4n) is 6.28. The van der Waals surface area contributed by atoms with Gasteiger partial charge in [0.15, 0.2) is 6.29 Å². The Hall–Kier alpha value is -4.02. The number of benzene rings is 3. The number of carbonyl (C=O) groups is 2. The van der Waals surface area contributed by atoms with E-state index in [0.717, 1.165) is 36.2 Å². The van der Waals surface area contributed by atoms with Gasteiger partial charge in [-0.15, -0.1) is 6.58 Å². The van der Waals surface area contributed by atoms with Crippen LogP contribution in [0.4, 0.5) is 17.1 Å². The predicted molar refractivity (Wildman–Crippen MR) is 181 cm³/mol. The standard InChI is InChI=1S/C37H46N4O5/c1-2-22-41(30-8-3-4-9-30)24-31-23-34(27-16-14-26(25-42)15-17-27)46-37(45-31)28-18-20-29(21-19-28)39-35(43)12-7-13-36(44)40-33-11-6-5-10-32(33)38/h2,5-6,10-11,14-21,30-31,34,37,42H,1,3-4,7-9,12-13,22-25,38H2,(H,39,43)(H,40,44)/t31-,34+,37+/m0/s1. The second-order valence-corrected chi connectivity index (χ2v) is 12.2. The molecule has 1 saturated heterocycles. The third kappa shape index (κ3) is 9.26. The molecular weight excluding hydrogens is 580 g/mol. The van der Waals surface area contributed by atoms with Gasteiger partial charge in [-0.05, 0) is 54.7 Å². The van der Waals surface area contributed by atoms with Crippen LogP contribution in [0.2, 0.25) is 0 Å². The molecule has 2 aliphatic rings. The summed E-state index contributed by atoms with van der Waals surface area (Å²) >= 11 is 0. The molecule has 3 aromatic rings. The van der Waals surface area contributed by atoms with Crippen LogP contribution in [-0.2, 0) is 25.7 Å². The second-order valence-electron chi connectivity index (χ2n) is 12.2. The number of para-hydroxylation sites is 2. The number of nitrogen functional groups attached to an aromatic ring is 1. The van der Waals surface area contributed by atoms with Crippen LogP contribution in [-0.4, -0.2) is 47.1 Å². The highest BCUT2D eigenvalue weighted by Crippen LogP contribution is 2.39. The van der Waals surface area contributed by atoms with Gasteiger partial charge in [0.05, 0.1) is 30.2 Å². The van der Waals surface area contributed by atoms with Gasteiger partial charge in [-0.2, -0.15) is 0 Å². The van der Waals surface area contributed by atoms with Gasteiger partial charge in [0.1, 0.15) is 0 Å². The van der Waals surface area contributed by atoms with E-state index in [9.17, 15) is 14.7 Å². The van der Waals surface area contributed by atoms with Crippen molar-refractivity contribution in [2.75, 3.05) is 29.5 Å². The van der Waals surface area contributed by atoms with E-state index in [1.165, 1.54) is 25.7 Å². The van der Waals surface area contributed by atoms with Crippen molar-refractivity contribution in [2.45, 2.75) is 82.5 Å². The Morgan fingerprint density at radius 3 is 2.26 bits per heavy atom. The molecule has 3 aromatic carbocycles. The molecule has 2 fully saturated rings. The number of amides is 2. The summed E-state index contributed by atoms with van der Waals surface area (Å²) in [7, 11) is 0. The van der Waals surface area contributed by atoms with Crippen LogP contribution >= 0.6 is 0 Å². The number of carbonyl (C=O) groups excluding carboxylic acids is 2. The molecule has 244 valence electrons. The number of nitrogens with one attached hydrogen (secondary N) is 2. The molecule has 1 heterocycles. The Morgan fingerprint density at radius 2 is 1.59 bits per heavy atom. The highest BCUT2D eigenvalue weighted by Gasteiger charge is 2.34. The largest absolute Gasteiger partial charge is 0.397 e. The number of ether oxygens (including phenoxy) is 2. The average Bonchev–Trinajstić information content (AvgIpc) is 3.61. The normalized spacial score (nSPS) is 20.0. The number of rotatable bonds is 14. The van der Waals surface area contributed by atoms with Crippen molar-refractivity contribution < 1.29 is 24.2 Å². The van der Waals surface area contributed by atoms with Crippen molar-refractivity contribution in [2.24, 2.45) is 0 Å². The summed E-state index contributed by atoms with van der Waals surface area (Å²) < 4.78 is 13.1. The van der Waals surface area contributed by atoms with Crippen LogP contribution in [0.5, 0.6) is 0 Å². The molecule has 0 radical (unpaired) electrons. The number of hydrogen-bond acceptors (Lipinski definition) is 7. The SMILES string of the molecule is C=CCN(C[C@@H]1C[C@H](c2ccc(CO)cc2)O[C@H](c2ccc(NC(=O)CCCC(=O)Nc3ccccc3N)cc2)O1)C1CCCC1. The zero-order valence-corrected chi connectivity index (χ0v) is 26.4. The topological polar surface area (TPSA) is 126 Å². The Morgan fingerprint density at radius 1 is 0.913 bits per heavy atom. The number of anilines is 3. The average molecular weight is 627 g/mol. The minimum Gasteiger partial charge on any atom is -0.397 e. The van der Waals surface area contributed by atoms with Gasteiger partial charge in [0.25, 0.3) is 0 Å². The van der Waals surface area contributed by atoms with Gasteiger partial charge in [-0.3, -0.25) is 14.5 Å². The number of aliphatic hydroxyl groups is 1. The van der Waals surface area contributed by atoms with Crippen LogP contribution in [0.25, 0.3) is 0 Å². The fourth-order valence-corrected chi connectivity index (χ4v) is 6.28. The molecule has 0 unspecified atom stereocenters. The molecule has 9 heteroatoms. The van der Waals surface area contributed by atoms with Gasteiger partial charge in [0, 0.05) is 49.6 Å². The first-order chi connectivity index (χ1) is 22.4.